The molecule has 19 heavy (non-hydrogen) atoms. The number of carbonyl (C=O) groups excluding carboxylic acids is 1. The van der Waals surface area contributed by atoms with Crippen molar-refractivity contribution >= 4 is 11.9 Å². The van der Waals surface area contributed by atoms with E-state index in [-0.39, 0.29) is 5.91 Å². The molecule has 98 valence electrons. The number of nitrogens with zero attached hydrogens (tertiary/aromatic N) is 3. The molecule has 3 rings (SSSR count). The lowest BCUT2D eigenvalue weighted by Crippen LogP contribution is -2.15. The zero-order valence-corrected chi connectivity index (χ0v) is 10.7. The average Bonchev–Trinajstić information content (AvgIpc) is 2.81. The van der Waals surface area contributed by atoms with E-state index in [2.05, 4.69) is 15.4 Å². The van der Waals surface area contributed by atoms with Gasteiger partial charge >= 0.3 is 0 Å². The molecule has 1 amide bonds. The highest BCUT2D eigenvalue weighted by Gasteiger charge is 2.15. The van der Waals surface area contributed by atoms with Crippen LogP contribution in [0.1, 0.15) is 24.2 Å². The smallest absolute Gasteiger partial charge is 0.248 e. The summed E-state index contributed by atoms with van der Waals surface area (Å²) in [5.41, 5.74) is 0.990. The minimum absolute atomic E-state index is 0.0749. The molecule has 0 spiro atoms. The second-order valence-electron chi connectivity index (χ2n) is 4.74. The standard InChI is InChI=1S/C14H16N4O/c19-13(10-11-6-2-1-3-7-11)16-14-15-12-8-4-5-9-18(12)17-14/h1-3,6-7H,4-5,8-10H2,(H,16,17,19). The number of carbonyl (C=O) groups is 1. The first-order chi connectivity index (χ1) is 9.31. The van der Waals surface area contributed by atoms with E-state index in [0.717, 1.165) is 37.2 Å². The number of hydrogen-bond acceptors (Lipinski definition) is 3. The first kappa shape index (κ1) is 11.9. The van der Waals surface area contributed by atoms with Crippen LogP contribution >= 0.6 is 0 Å². The topological polar surface area (TPSA) is 59.8 Å². The normalized spacial score (nSPS) is 13.9. The highest BCUT2D eigenvalue weighted by molar-refractivity contribution is 5.90. The van der Waals surface area contributed by atoms with Gasteiger partial charge in [-0.3, -0.25) is 10.1 Å². The monoisotopic (exact) mass is 256 g/mol. The van der Waals surface area contributed by atoms with Crippen LogP contribution in [-0.2, 0) is 24.2 Å². The molecule has 2 heterocycles. The molecular formula is C14H16N4O. The number of anilines is 1. The van der Waals surface area contributed by atoms with E-state index in [9.17, 15) is 4.79 Å². The molecule has 0 fully saturated rings. The van der Waals surface area contributed by atoms with Crippen molar-refractivity contribution in [1.82, 2.24) is 14.8 Å². The van der Waals surface area contributed by atoms with Crippen LogP contribution in [0.2, 0.25) is 0 Å². The van der Waals surface area contributed by atoms with Gasteiger partial charge in [0.25, 0.3) is 0 Å². The van der Waals surface area contributed by atoms with Crippen molar-refractivity contribution in [2.24, 2.45) is 0 Å². The summed E-state index contributed by atoms with van der Waals surface area (Å²) < 4.78 is 1.89. The number of hydrogen-bond donors (Lipinski definition) is 1. The number of aromatic nitrogens is 3. The fourth-order valence-electron chi connectivity index (χ4n) is 2.29. The Bertz CT molecular complexity index is 553. The molecule has 1 aliphatic rings. The first-order valence-electron chi connectivity index (χ1n) is 6.59. The SMILES string of the molecule is O=C(Cc1ccccc1)Nc1nc2n(n1)CCCC2. The highest BCUT2D eigenvalue weighted by atomic mass is 16.1. The minimum Gasteiger partial charge on any atom is -0.293 e. The third kappa shape index (κ3) is 2.81. The Labute approximate surface area is 111 Å². The van der Waals surface area contributed by atoms with E-state index in [1.807, 2.05) is 35.0 Å². The van der Waals surface area contributed by atoms with Crippen LogP contribution in [-0.4, -0.2) is 20.7 Å². The van der Waals surface area contributed by atoms with Gasteiger partial charge in [0.15, 0.2) is 0 Å². The summed E-state index contributed by atoms with van der Waals surface area (Å²) in [4.78, 5) is 16.2. The molecule has 1 aliphatic heterocycles. The van der Waals surface area contributed by atoms with Crippen molar-refractivity contribution in [1.29, 1.82) is 0 Å². The van der Waals surface area contributed by atoms with Gasteiger partial charge in [-0.15, -0.1) is 5.10 Å². The van der Waals surface area contributed by atoms with E-state index < -0.39 is 0 Å². The third-order valence-electron chi connectivity index (χ3n) is 3.23. The maximum atomic E-state index is 11.9. The number of amides is 1. The summed E-state index contributed by atoms with van der Waals surface area (Å²) in [5.74, 6) is 1.33. The van der Waals surface area contributed by atoms with Crippen LogP contribution in [0.3, 0.4) is 0 Å². The Morgan fingerprint density at radius 2 is 2.11 bits per heavy atom. The van der Waals surface area contributed by atoms with E-state index in [1.54, 1.807) is 0 Å². The Morgan fingerprint density at radius 1 is 1.26 bits per heavy atom. The third-order valence-corrected chi connectivity index (χ3v) is 3.23. The molecule has 0 unspecified atom stereocenters. The van der Waals surface area contributed by atoms with Crippen LogP contribution in [0.4, 0.5) is 5.95 Å². The maximum Gasteiger partial charge on any atom is 0.248 e. The van der Waals surface area contributed by atoms with Crippen molar-refractivity contribution in [3.05, 3.63) is 41.7 Å². The van der Waals surface area contributed by atoms with Gasteiger partial charge in [0.05, 0.1) is 6.42 Å². The summed E-state index contributed by atoms with van der Waals surface area (Å²) in [6, 6.07) is 9.66. The molecule has 0 atom stereocenters. The number of aryl methyl sites for hydroxylation is 2. The van der Waals surface area contributed by atoms with Gasteiger partial charge in [-0.05, 0) is 18.4 Å². The Morgan fingerprint density at radius 3 is 2.89 bits per heavy atom. The van der Waals surface area contributed by atoms with Crippen LogP contribution in [0.5, 0.6) is 0 Å². The summed E-state index contributed by atoms with van der Waals surface area (Å²) in [7, 11) is 0. The predicted octanol–water partition coefficient (Wildman–Crippen LogP) is 1.80. The maximum absolute atomic E-state index is 11.9. The zero-order valence-electron chi connectivity index (χ0n) is 10.7. The molecule has 5 nitrogen and oxygen atoms in total. The first-order valence-corrected chi connectivity index (χ1v) is 6.59. The molecule has 1 aromatic carbocycles. The number of nitrogens with one attached hydrogen (secondary N) is 1. The highest BCUT2D eigenvalue weighted by Crippen LogP contribution is 2.14. The fraction of sp³-hybridized carbons (Fsp3) is 0.357. The van der Waals surface area contributed by atoms with Gasteiger partial charge in [-0.1, -0.05) is 30.3 Å². The lowest BCUT2D eigenvalue weighted by atomic mass is 10.1. The van der Waals surface area contributed by atoms with E-state index in [1.165, 1.54) is 0 Å². The molecule has 0 saturated carbocycles. The number of fused-ring (bicyclic) bond motifs is 1. The molecule has 2 aromatic rings. The van der Waals surface area contributed by atoms with Crippen LogP contribution in [0.25, 0.3) is 0 Å². The number of rotatable bonds is 3. The second kappa shape index (κ2) is 5.22. The Balaban J connectivity index is 1.65. The van der Waals surface area contributed by atoms with E-state index in [4.69, 9.17) is 0 Å². The van der Waals surface area contributed by atoms with Crippen molar-refractivity contribution in [3.8, 4) is 0 Å². The minimum atomic E-state index is -0.0749. The van der Waals surface area contributed by atoms with Gasteiger partial charge in [0.1, 0.15) is 5.82 Å². The second-order valence-corrected chi connectivity index (χ2v) is 4.74. The van der Waals surface area contributed by atoms with Gasteiger partial charge in [-0.2, -0.15) is 4.98 Å². The molecular weight excluding hydrogens is 240 g/mol. The zero-order chi connectivity index (χ0) is 13.1. The van der Waals surface area contributed by atoms with Crippen LogP contribution in [0.15, 0.2) is 30.3 Å². The van der Waals surface area contributed by atoms with Gasteiger partial charge < -0.3 is 0 Å². The van der Waals surface area contributed by atoms with Crippen molar-refractivity contribution in [2.75, 3.05) is 5.32 Å². The average molecular weight is 256 g/mol. The predicted molar refractivity (Wildman–Crippen MR) is 71.7 cm³/mol. The molecule has 0 bridgehead atoms. The van der Waals surface area contributed by atoms with Gasteiger partial charge in [0.2, 0.25) is 11.9 Å². The molecule has 0 aliphatic carbocycles. The molecule has 1 N–H and O–H groups in total. The van der Waals surface area contributed by atoms with Crippen molar-refractivity contribution in [3.63, 3.8) is 0 Å². The lowest BCUT2D eigenvalue weighted by molar-refractivity contribution is -0.115. The summed E-state index contributed by atoms with van der Waals surface area (Å²) in [6.07, 6.45) is 3.58. The summed E-state index contributed by atoms with van der Waals surface area (Å²) in [6.45, 7) is 0.900. The summed E-state index contributed by atoms with van der Waals surface area (Å²) in [5, 5.41) is 7.07. The van der Waals surface area contributed by atoms with Crippen LogP contribution < -0.4 is 5.32 Å². The van der Waals surface area contributed by atoms with Crippen LogP contribution in [0, 0.1) is 0 Å². The summed E-state index contributed by atoms with van der Waals surface area (Å²) >= 11 is 0. The molecule has 1 aromatic heterocycles. The number of benzene rings is 1. The quantitative estimate of drug-likeness (QED) is 0.910. The van der Waals surface area contributed by atoms with Gasteiger partial charge in [-0.25, -0.2) is 4.68 Å². The molecule has 5 heteroatoms. The lowest BCUT2D eigenvalue weighted by Gasteiger charge is -2.09. The molecule has 0 radical (unpaired) electrons. The largest absolute Gasteiger partial charge is 0.293 e. The fourth-order valence-corrected chi connectivity index (χ4v) is 2.29. The Kier molecular flexibility index (Phi) is 3.27. The Hall–Kier alpha value is -2.17. The van der Waals surface area contributed by atoms with E-state index >= 15 is 0 Å². The molecule has 0 saturated heterocycles. The van der Waals surface area contributed by atoms with E-state index in [0.29, 0.717) is 12.4 Å². The van der Waals surface area contributed by atoms with Crippen molar-refractivity contribution < 1.29 is 4.79 Å². The van der Waals surface area contributed by atoms with Gasteiger partial charge in [0, 0.05) is 13.0 Å². The van der Waals surface area contributed by atoms with Crippen molar-refractivity contribution in [2.45, 2.75) is 32.2 Å².